The topological polar surface area (TPSA) is 86.7 Å². The van der Waals surface area contributed by atoms with E-state index >= 15 is 0 Å². The van der Waals surface area contributed by atoms with E-state index in [1.807, 2.05) is 0 Å². The molecule has 1 fully saturated rings. The number of carboxylic acid groups (broad SMARTS) is 1. The fraction of sp³-hybridized carbons (Fsp3) is 0.571. The largest absolute Gasteiger partial charge is 0.481 e. The molecule has 2 amide bonds. The first-order chi connectivity index (χ1) is 12.8. The van der Waals surface area contributed by atoms with Crippen molar-refractivity contribution in [3.05, 3.63) is 29.8 Å². The van der Waals surface area contributed by atoms with Crippen molar-refractivity contribution in [3.63, 3.8) is 0 Å². The SMILES string of the molecule is CC(C)CC(C)CC(=O)Nc1ccc(C(=O)N2CCC(C(=O)O)CC2)cc1. The van der Waals surface area contributed by atoms with Crippen molar-refractivity contribution in [1.29, 1.82) is 0 Å². The van der Waals surface area contributed by atoms with Crippen molar-refractivity contribution < 1.29 is 19.5 Å². The molecule has 0 saturated carbocycles. The maximum atomic E-state index is 12.5. The molecule has 0 radical (unpaired) electrons. The molecule has 6 heteroatoms. The van der Waals surface area contributed by atoms with E-state index < -0.39 is 5.97 Å². The Bertz CT molecular complexity index is 661. The van der Waals surface area contributed by atoms with Crippen molar-refractivity contribution in [2.45, 2.75) is 46.5 Å². The van der Waals surface area contributed by atoms with Gasteiger partial charge in [0.2, 0.25) is 5.91 Å². The molecule has 6 nitrogen and oxygen atoms in total. The summed E-state index contributed by atoms with van der Waals surface area (Å²) in [5, 5.41) is 11.9. The first-order valence-corrected chi connectivity index (χ1v) is 9.68. The summed E-state index contributed by atoms with van der Waals surface area (Å²) in [6.45, 7) is 7.29. The number of piperidine rings is 1. The molecular weight excluding hydrogens is 344 g/mol. The predicted octanol–water partition coefficient (Wildman–Crippen LogP) is 3.63. The highest BCUT2D eigenvalue weighted by Crippen LogP contribution is 2.20. The zero-order valence-corrected chi connectivity index (χ0v) is 16.4. The molecule has 1 aromatic rings. The molecule has 27 heavy (non-hydrogen) atoms. The number of carboxylic acids is 1. The Balaban J connectivity index is 1.86. The molecule has 1 saturated heterocycles. The van der Waals surface area contributed by atoms with Crippen LogP contribution in [-0.2, 0) is 9.59 Å². The Morgan fingerprint density at radius 1 is 1.11 bits per heavy atom. The van der Waals surface area contributed by atoms with Gasteiger partial charge in [0.15, 0.2) is 0 Å². The third-order valence-corrected chi connectivity index (χ3v) is 4.95. The lowest BCUT2D eigenvalue weighted by atomic mass is 9.96. The number of aliphatic carboxylic acids is 1. The van der Waals surface area contributed by atoms with E-state index in [-0.39, 0.29) is 17.7 Å². The maximum absolute atomic E-state index is 12.5. The highest BCUT2D eigenvalue weighted by Gasteiger charge is 2.27. The summed E-state index contributed by atoms with van der Waals surface area (Å²) in [5.74, 6) is -0.354. The van der Waals surface area contributed by atoms with Crippen LogP contribution in [0.25, 0.3) is 0 Å². The normalized spacial score (nSPS) is 16.2. The summed E-state index contributed by atoms with van der Waals surface area (Å²) in [4.78, 5) is 37.4. The minimum Gasteiger partial charge on any atom is -0.481 e. The Morgan fingerprint density at radius 3 is 2.22 bits per heavy atom. The molecular formula is C21H30N2O4. The van der Waals surface area contributed by atoms with Gasteiger partial charge in [-0.15, -0.1) is 0 Å². The Morgan fingerprint density at radius 2 is 1.70 bits per heavy atom. The van der Waals surface area contributed by atoms with Crippen LogP contribution in [0.2, 0.25) is 0 Å². The van der Waals surface area contributed by atoms with Gasteiger partial charge in [-0.25, -0.2) is 0 Å². The van der Waals surface area contributed by atoms with Crippen molar-refractivity contribution in [2.75, 3.05) is 18.4 Å². The highest BCUT2D eigenvalue weighted by molar-refractivity contribution is 5.96. The number of likely N-dealkylation sites (tertiary alicyclic amines) is 1. The number of nitrogens with one attached hydrogen (secondary N) is 1. The molecule has 0 bridgehead atoms. The average Bonchev–Trinajstić information content (AvgIpc) is 2.61. The number of anilines is 1. The van der Waals surface area contributed by atoms with Gasteiger partial charge < -0.3 is 15.3 Å². The summed E-state index contributed by atoms with van der Waals surface area (Å²) in [6, 6.07) is 6.89. The van der Waals surface area contributed by atoms with Crippen molar-refractivity contribution >= 4 is 23.5 Å². The molecule has 1 aliphatic heterocycles. The number of carbonyl (C=O) groups is 3. The third-order valence-electron chi connectivity index (χ3n) is 4.95. The lowest BCUT2D eigenvalue weighted by molar-refractivity contribution is -0.143. The number of hydrogen-bond donors (Lipinski definition) is 2. The summed E-state index contributed by atoms with van der Waals surface area (Å²) in [5.41, 5.74) is 1.23. The minimum atomic E-state index is -0.787. The fourth-order valence-electron chi connectivity index (χ4n) is 3.62. The Hall–Kier alpha value is -2.37. The zero-order valence-electron chi connectivity index (χ0n) is 16.4. The maximum Gasteiger partial charge on any atom is 0.306 e. The zero-order chi connectivity index (χ0) is 20.0. The van der Waals surface area contributed by atoms with Crippen LogP contribution in [0.5, 0.6) is 0 Å². The van der Waals surface area contributed by atoms with Gasteiger partial charge in [0.1, 0.15) is 0 Å². The van der Waals surface area contributed by atoms with E-state index in [1.54, 1.807) is 29.2 Å². The second kappa shape index (κ2) is 9.53. The van der Waals surface area contributed by atoms with Crippen LogP contribution in [0, 0.1) is 17.8 Å². The monoisotopic (exact) mass is 374 g/mol. The van der Waals surface area contributed by atoms with Gasteiger partial charge in [-0.05, 0) is 55.4 Å². The lowest BCUT2D eigenvalue weighted by Crippen LogP contribution is -2.40. The number of amides is 2. The molecule has 0 aliphatic carbocycles. The number of benzene rings is 1. The summed E-state index contributed by atoms with van der Waals surface area (Å²) in [7, 11) is 0. The summed E-state index contributed by atoms with van der Waals surface area (Å²) in [6.07, 6.45) is 2.48. The number of carbonyl (C=O) groups excluding carboxylic acids is 2. The summed E-state index contributed by atoms with van der Waals surface area (Å²) < 4.78 is 0. The molecule has 1 aromatic carbocycles. The van der Waals surface area contributed by atoms with E-state index in [0.29, 0.717) is 55.4 Å². The molecule has 1 aliphatic rings. The first kappa shape index (κ1) is 20.9. The number of nitrogens with zero attached hydrogens (tertiary/aromatic N) is 1. The van der Waals surface area contributed by atoms with Crippen LogP contribution in [0.15, 0.2) is 24.3 Å². The van der Waals surface area contributed by atoms with Crippen LogP contribution < -0.4 is 5.32 Å². The minimum absolute atomic E-state index is 0.0158. The van der Waals surface area contributed by atoms with Crippen LogP contribution >= 0.6 is 0 Å². The first-order valence-electron chi connectivity index (χ1n) is 9.68. The second-order valence-corrected chi connectivity index (χ2v) is 7.97. The Kier molecular flexibility index (Phi) is 7.39. The third kappa shape index (κ3) is 6.38. The molecule has 1 heterocycles. The van der Waals surface area contributed by atoms with Gasteiger partial charge in [-0.2, -0.15) is 0 Å². The smallest absolute Gasteiger partial charge is 0.306 e. The van der Waals surface area contributed by atoms with Crippen LogP contribution in [0.4, 0.5) is 5.69 Å². The second-order valence-electron chi connectivity index (χ2n) is 7.97. The van der Waals surface area contributed by atoms with Gasteiger partial charge >= 0.3 is 5.97 Å². The van der Waals surface area contributed by atoms with E-state index in [4.69, 9.17) is 5.11 Å². The molecule has 2 N–H and O–H groups in total. The van der Waals surface area contributed by atoms with Crippen LogP contribution in [0.1, 0.15) is 56.8 Å². The quantitative estimate of drug-likeness (QED) is 0.763. The average molecular weight is 374 g/mol. The highest BCUT2D eigenvalue weighted by atomic mass is 16.4. The summed E-state index contributed by atoms with van der Waals surface area (Å²) >= 11 is 0. The van der Waals surface area contributed by atoms with Gasteiger partial charge in [0.25, 0.3) is 5.91 Å². The lowest BCUT2D eigenvalue weighted by Gasteiger charge is -2.30. The van der Waals surface area contributed by atoms with Crippen LogP contribution in [-0.4, -0.2) is 40.9 Å². The van der Waals surface area contributed by atoms with E-state index in [2.05, 4.69) is 26.1 Å². The number of rotatable bonds is 7. The van der Waals surface area contributed by atoms with Gasteiger partial charge in [-0.1, -0.05) is 20.8 Å². The molecule has 148 valence electrons. The molecule has 0 spiro atoms. The predicted molar refractivity (Wildman–Crippen MR) is 105 cm³/mol. The van der Waals surface area contributed by atoms with E-state index in [1.165, 1.54) is 0 Å². The van der Waals surface area contributed by atoms with Crippen molar-refractivity contribution in [2.24, 2.45) is 17.8 Å². The van der Waals surface area contributed by atoms with Gasteiger partial charge in [-0.3, -0.25) is 14.4 Å². The van der Waals surface area contributed by atoms with Crippen molar-refractivity contribution in [3.8, 4) is 0 Å². The van der Waals surface area contributed by atoms with Gasteiger partial charge in [0, 0.05) is 30.8 Å². The van der Waals surface area contributed by atoms with Gasteiger partial charge in [0.05, 0.1) is 5.92 Å². The number of hydrogen-bond acceptors (Lipinski definition) is 3. The van der Waals surface area contributed by atoms with E-state index in [9.17, 15) is 14.4 Å². The molecule has 2 rings (SSSR count). The molecule has 1 unspecified atom stereocenters. The molecule has 0 aromatic heterocycles. The fourth-order valence-corrected chi connectivity index (χ4v) is 3.62. The molecule has 1 atom stereocenters. The standard InChI is InChI=1S/C21H30N2O4/c1-14(2)12-15(3)13-19(24)22-18-6-4-16(5-7-18)20(25)23-10-8-17(9-11-23)21(26)27/h4-7,14-15,17H,8-13H2,1-3H3,(H,22,24)(H,26,27). The van der Waals surface area contributed by atoms with Crippen molar-refractivity contribution in [1.82, 2.24) is 4.90 Å². The van der Waals surface area contributed by atoms with Crippen LogP contribution in [0.3, 0.4) is 0 Å². The van der Waals surface area contributed by atoms with E-state index in [0.717, 1.165) is 6.42 Å². The Labute approximate surface area is 160 Å².